The number of hydrogen-bond acceptors (Lipinski definition) is 6. The molecule has 5 aromatic rings. The lowest BCUT2D eigenvalue weighted by Crippen LogP contribution is -1.96. The van der Waals surface area contributed by atoms with Gasteiger partial charge < -0.3 is 14.5 Å². The van der Waals surface area contributed by atoms with Crippen LogP contribution in [-0.2, 0) is 6.42 Å². The largest absolute Gasteiger partial charge is 0.457 e. The molecule has 29 heavy (non-hydrogen) atoms. The first kappa shape index (κ1) is 17.6. The Morgan fingerprint density at radius 2 is 2.00 bits per heavy atom. The average Bonchev–Trinajstić information content (AvgIpc) is 3.36. The Morgan fingerprint density at radius 1 is 1.07 bits per heavy atom. The van der Waals surface area contributed by atoms with Crippen LogP contribution >= 0.6 is 11.3 Å². The predicted molar refractivity (Wildman–Crippen MR) is 117 cm³/mol. The number of rotatable bonds is 5. The third-order valence-electron chi connectivity index (χ3n) is 4.76. The maximum absolute atomic E-state index is 6.07. The maximum Gasteiger partial charge on any atom is 0.142 e. The van der Waals surface area contributed by atoms with Crippen LogP contribution in [0.25, 0.3) is 15.9 Å². The lowest BCUT2D eigenvalue weighted by atomic mass is 10.2. The van der Waals surface area contributed by atoms with E-state index in [1.54, 1.807) is 23.9 Å². The van der Waals surface area contributed by atoms with Crippen LogP contribution in [0.15, 0.2) is 61.3 Å². The highest BCUT2D eigenvalue weighted by atomic mass is 32.1. The quantitative estimate of drug-likeness (QED) is 0.406. The van der Waals surface area contributed by atoms with Crippen molar-refractivity contribution in [1.29, 1.82) is 0 Å². The molecule has 0 aliphatic heterocycles. The Kier molecular flexibility index (Phi) is 4.37. The Balaban J connectivity index is 1.40. The molecule has 0 saturated heterocycles. The fourth-order valence-corrected chi connectivity index (χ4v) is 4.17. The summed E-state index contributed by atoms with van der Waals surface area (Å²) in [6.07, 6.45) is 8.22. The number of pyridine rings is 1. The lowest BCUT2D eigenvalue weighted by Gasteiger charge is -2.12. The summed E-state index contributed by atoms with van der Waals surface area (Å²) in [7, 11) is 0. The first-order chi connectivity index (χ1) is 14.2. The van der Waals surface area contributed by atoms with Gasteiger partial charge in [-0.15, -0.1) is 11.3 Å². The number of imidazole rings is 1. The molecule has 1 aromatic carbocycles. The van der Waals surface area contributed by atoms with Crippen LogP contribution in [0.1, 0.15) is 17.4 Å². The fraction of sp³-hybridized carbons (Fsp3) is 0.136. The van der Waals surface area contributed by atoms with Gasteiger partial charge in [0.15, 0.2) is 0 Å². The summed E-state index contributed by atoms with van der Waals surface area (Å²) in [4.78, 5) is 15.4. The normalized spacial score (nSPS) is 11.2. The average molecular weight is 401 g/mol. The summed E-state index contributed by atoms with van der Waals surface area (Å²) in [6.45, 7) is 4.18. The molecule has 0 aliphatic rings. The Bertz CT molecular complexity index is 1320. The zero-order valence-electron chi connectivity index (χ0n) is 16.1. The van der Waals surface area contributed by atoms with Gasteiger partial charge in [0.25, 0.3) is 0 Å². The van der Waals surface area contributed by atoms with E-state index >= 15 is 0 Å². The van der Waals surface area contributed by atoms with E-state index in [0.29, 0.717) is 0 Å². The zero-order valence-corrected chi connectivity index (χ0v) is 16.9. The van der Waals surface area contributed by atoms with Crippen LogP contribution in [0.4, 0.5) is 11.5 Å². The smallest absolute Gasteiger partial charge is 0.142 e. The second kappa shape index (κ2) is 7.18. The lowest BCUT2D eigenvalue weighted by molar-refractivity contribution is 0.478. The maximum atomic E-state index is 6.07. The van der Waals surface area contributed by atoms with E-state index in [9.17, 15) is 0 Å². The van der Waals surface area contributed by atoms with E-state index < -0.39 is 0 Å². The van der Waals surface area contributed by atoms with Crippen molar-refractivity contribution in [3.05, 3.63) is 71.8 Å². The molecule has 0 bridgehead atoms. The van der Waals surface area contributed by atoms with Crippen molar-refractivity contribution in [1.82, 2.24) is 19.4 Å². The van der Waals surface area contributed by atoms with Gasteiger partial charge in [0.2, 0.25) is 0 Å². The minimum absolute atomic E-state index is 0.760. The number of ether oxygens (including phenoxy) is 1. The molecule has 0 aliphatic carbocycles. The molecule has 6 nitrogen and oxygen atoms in total. The fourth-order valence-electron chi connectivity index (χ4n) is 3.24. The molecule has 0 radical (unpaired) electrons. The van der Waals surface area contributed by atoms with Crippen molar-refractivity contribution in [2.24, 2.45) is 0 Å². The molecule has 4 heterocycles. The molecule has 0 saturated carbocycles. The number of aromatic nitrogens is 4. The van der Waals surface area contributed by atoms with E-state index in [2.05, 4.69) is 39.3 Å². The summed E-state index contributed by atoms with van der Waals surface area (Å²) in [5.41, 5.74) is 2.85. The molecule has 7 heteroatoms. The Labute approximate surface area is 171 Å². The molecular formula is C22H19N5OS. The SMILES string of the molecule is CCc1cc2c(Nc3ccc(Oc4ccn5ccnc5c4)c(C)c3)ncnc2s1. The van der Waals surface area contributed by atoms with Crippen LogP contribution < -0.4 is 10.1 Å². The minimum Gasteiger partial charge on any atom is -0.457 e. The van der Waals surface area contributed by atoms with Crippen LogP contribution in [0.2, 0.25) is 0 Å². The first-order valence-corrected chi connectivity index (χ1v) is 10.2. The van der Waals surface area contributed by atoms with Crippen molar-refractivity contribution in [3.8, 4) is 11.5 Å². The highest BCUT2D eigenvalue weighted by Crippen LogP contribution is 2.32. The number of fused-ring (bicyclic) bond motifs is 2. The summed E-state index contributed by atoms with van der Waals surface area (Å²) in [5.74, 6) is 2.39. The number of benzene rings is 1. The van der Waals surface area contributed by atoms with Crippen molar-refractivity contribution in [3.63, 3.8) is 0 Å². The van der Waals surface area contributed by atoms with Gasteiger partial charge in [0, 0.05) is 35.2 Å². The monoisotopic (exact) mass is 401 g/mol. The minimum atomic E-state index is 0.760. The number of nitrogens with zero attached hydrogens (tertiary/aromatic N) is 4. The van der Waals surface area contributed by atoms with Crippen LogP contribution in [0, 0.1) is 6.92 Å². The van der Waals surface area contributed by atoms with Gasteiger partial charge in [-0.25, -0.2) is 15.0 Å². The molecule has 4 aromatic heterocycles. The highest BCUT2D eigenvalue weighted by Gasteiger charge is 2.10. The Morgan fingerprint density at radius 3 is 2.86 bits per heavy atom. The molecule has 0 unspecified atom stereocenters. The summed E-state index contributed by atoms with van der Waals surface area (Å²) in [6, 6.07) is 12.0. The van der Waals surface area contributed by atoms with Gasteiger partial charge in [-0.3, -0.25) is 0 Å². The second-order valence-corrected chi connectivity index (χ2v) is 7.89. The molecular weight excluding hydrogens is 382 g/mol. The Hall–Kier alpha value is -3.45. The van der Waals surface area contributed by atoms with Gasteiger partial charge in [-0.1, -0.05) is 6.92 Å². The van der Waals surface area contributed by atoms with Gasteiger partial charge in [-0.2, -0.15) is 0 Å². The third-order valence-corrected chi connectivity index (χ3v) is 5.95. The highest BCUT2D eigenvalue weighted by molar-refractivity contribution is 7.18. The molecule has 1 N–H and O–H groups in total. The number of anilines is 2. The van der Waals surface area contributed by atoms with E-state index in [1.807, 2.05) is 48.0 Å². The van der Waals surface area contributed by atoms with Crippen molar-refractivity contribution >= 4 is 38.7 Å². The third kappa shape index (κ3) is 3.40. The van der Waals surface area contributed by atoms with Crippen molar-refractivity contribution in [2.75, 3.05) is 5.32 Å². The zero-order chi connectivity index (χ0) is 19.8. The van der Waals surface area contributed by atoms with Gasteiger partial charge in [-0.05, 0) is 49.2 Å². The number of thiophene rings is 1. The standard InChI is InChI=1S/C22H19N5OS/c1-3-17-12-18-21(24-13-25-22(18)29-17)26-15-4-5-19(14(2)10-15)28-16-6-8-27-9-7-23-20(27)11-16/h4-13H,3H2,1-2H3,(H,24,25,26). The van der Waals surface area contributed by atoms with Gasteiger partial charge in [0.05, 0.1) is 5.39 Å². The summed E-state index contributed by atoms with van der Waals surface area (Å²) >= 11 is 1.71. The topological polar surface area (TPSA) is 64.3 Å². The van der Waals surface area contributed by atoms with Crippen molar-refractivity contribution in [2.45, 2.75) is 20.3 Å². The molecule has 0 amide bonds. The summed E-state index contributed by atoms with van der Waals surface area (Å²) in [5, 5.41) is 4.48. The number of hydrogen-bond donors (Lipinski definition) is 1. The van der Waals surface area contributed by atoms with Gasteiger partial charge in [0.1, 0.15) is 34.1 Å². The summed E-state index contributed by atoms with van der Waals surface area (Å²) < 4.78 is 8.02. The first-order valence-electron chi connectivity index (χ1n) is 9.41. The predicted octanol–water partition coefficient (Wildman–Crippen LogP) is 5.75. The van der Waals surface area contributed by atoms with Crippen molar-refractivity contribution < 1.29 is 4.74 Å². The van der Waals surface area contributed by atoms with E-state index in [1.165, 1.54) is 4.88 Å². The van der Waals surface area contributed by atoms with E-state index in [4.69, 9.17) is 4.74 Å². The van der Waals surface area contributed by atoms with Crippen LogP contribution in [0.3, 0.4) is 0 Å². The second-order valence-electron chi connectivity index (χ2n) is 6.77. The molecule has 144 valence electrons. The molecule has 5 rings (SSSR count). The number of nitrogens with one attached hydrogen (secondary N) is 1. The van der Waals surface area contributed by atoms with E-state index in [-0.39, 0.29) is 0 Å². The number of aryl methyl sites for hydroxylation is 2. The van der Waals surface area contributed by atoms with Crippen LogP contribution in [0.5, 0.6) is 11.5 Å². The molecule has 0 fully saturated rings. The van der Waals surface area contributed by atoms with Crippen LogP contribution in [-0.4, -0.2) is 19.4 Å². The molecule has 0 spiro atoms. The molecule has 0 atom stereocenters. The van der Waals surface area contributed by atoms with Gasteiger partial charge >= 0.3 is 0 Å². The van der Waals surface area contributed by atoms with E-state index in [0.717, 1.165) is 50.9 Å².